The monoisotopic (exact) mass is 1020 g/mol. The average Bonchev–Trinajstić information content (AvgIpc) is 3.78. The van der Waals surface area contributed by atoms with Crippen LogP contribution in [-0.2, 0) is 42.7 Å². The van der Waals surface area contributed by atoms with Gasteiger partial charge < -0.3 is 13.9 Å². The van der Waals surface area contributed by atoms with Gasteiger partial charge in [-0.3, -0.25) is 4.57 Å². The summed E-state index contributed by atoms with van der Waals surface area (Å²) < 4.78 is 13.2. The number of ether oxygens (including phenoxy) is 1. The summed E-state index contributed by atoms with van der Waals surface area (Å²) >= 11 is 0. The molecule has 0 N–H and O–H groups in total. The Kier molecular flexibility index (Phi) is 11.4. The zero-order valence-electron chi connectivity index (χ0n) is 39.2. The van der Waals surface area contributed by atoms with Gasteiger partial charge in [-0.05, 0) is 84.3 Å². The minimum atomic E-state index is -0.154. The Balaban J connectivity index is 0.00000560. The summed E-state index contributed by atoms with van der Waals surface area (Å²) in [6, 6.07) is 52.6. The van der Waals surface area contributed by atoms with E-state index in [4.69, 9.17) is 9.72 Å². The fourth-order valence-electron chi connectivity index (χ4n) is 8.60. The first-order valence-corrected chi connectivity index (χ1v) is 22.1. The van der Waals surface area contributed by atoms with Crippen molar-refractivity contribution < 1.29 is 30.4 Å². The molecule has 0 aliphatic carbocycles. The first-order valence-electron chi connectivity index (χ1n) is 22.1. The van der Waals surface area contributed by atoms with Crippen LogP contribution < -0.4 is 9.30 Å². The number of para-hydroxylation sites is 4. The van der Waals surface area contributed by atoms with E-state index in [1.54, 1.807) is 0 Å². The van der Waals surface area contributed by atoms with Crippen LogP contribution in [0.15, 0.2) is 134 Å². The Hall–Kier alpha value is -5.77. The van der Waals surface area contributed by atoms with Crippen molar-refractivity contribution in [3.63, 3.8) is 0 Å². The maximum Gasteiger partial charge on any atom is 0.268 e. The number of benzene rings is 6. The molecule has 9 rings (SSSR count). The molecule has 0 radical (unpaired) electrons. The van der Waals surface area contributed by atoms with Crippen LogP contribution in [0.4, 0.5) is 0 Å². The molecule has 0 bridgehead atoms. The third-order valence-electron chi connectivity index (χ3n) is 12.2. The molecular formula is C58H58N4OPt-2. The van der Waals surface area contributed by atoms with Gasteiger partial charge in [0.1, 0.15) is 5.82 Å². The number of imidazole rings is 1. The van der Waals surface area contributed by atoms with Crippen LogP contribution in [0.3, 0.4) is 0 Å². The van der Waals surface area contributed by atoms with Crippen LogP contribution in [0.5, 0.6) is 11.5 Å². The van der Waals surface area contributed by atoms with Gasteiger partial charge >= 0.3 is 0 Å². The summed E-state index contributed by atoms with van der Waals surface area (Å²) in [6.07, 6.45) is 5.74. The van der Waals surface area contributed by atoms with E-state index in [2.05, 4.69) is 224 Å². The normalized spacial score (nSPS) is 12.6. The van der Waals surface area contributed by atoms with Gasteiger partial charge in [0.15, 0.2) is 0 Å². The second-order valence-corrected chi connectivity index (χ2v) is 21.1. The van der Waals surface area contributed by atoms with Crippen molar-refractivity contribution in [1.82, 2.24) is 14.1 Å². The Morgan fingerprint density at radius 2 is 1.19 bits per heavy atom. The molecule has 0 amide bonds. The second kappa shape index (κ2) is 16.3. The van der Waals surface area contributed by atoms with Gasteiger partial charge in [0, 0.05) is 44.3 Å². The van der Waals surface area contributed by atoms with Gasteiger partial charge in [-0.15, -0.1) is 29.7 Å². The number of hydrogen-bond donors (Lipinski definition) is 0. The van der Waals surface area contributed by atoms with Crippen LogP contribution in [0.25, 0.3) is 61.2 Å². The van der Waals surface area contributed by atoms with Gasteiger partial charge in [-0.1, -0.05) is 167 Å². The quantitative estimate of drug-likeness (QED) is 0.123. The topological polar surface area (TPSA) is 35.9 Å². The fraction of sp³-hybridized carbons (Fsp3) is 0.276. The van der Waals surface area contributed by atoms with Crippen molar-refractivity contribution in [2.75, 3.05) is 0 Å². The summed E-state index contributed by atoms with van der Waals surface area (Å²) in [5, 5.41) is 2.23. The van der Waals surface area contributed by atoms with E-state index in [-0.39, 0.29) is 42.7 Å². The Morgan fingerprint density at radius 1 is 0.547 bits per heavy atom. The maximum atomic E-state index is 6.66. The standard InChI is InChI=1S/C58H58N4O.Pt/c1-55(2,3)39-29-30-59-53(34-39)62-49-24-14-13-21-46(49)47-28-27-44(36-52(47)62)63-43-20-17-19-42(35-43)60-37-61(51-26-16-15-25-50(51)60)54-45(22-18-23-48(54)58(10,11)12)38-31-40(56(4,5)6)33-41(32-38)57(7,8)9;/h13-34H,1-12H3;/q-2;. The summed E-state index contributed by atoms with van der Waals surface area (Å²) in [5.41, 5.74) is 13.3. The van der Waals surface area contributed by atoms with Gasteiger partial charge in [0.2, 0.25) is 0 Å². The average molecular weight is 1020 g/mol. The SMILES string of the molecule is CC(C)(C)c1cc(-c2cccc(C(C)(C)C)c2-[n+]2[c-]n(-c3[c-]c(Oc4[c-]c5c(cc4)c4ccccc4n5-c4cc(C(C)(C)C)ccn4)ccc3)c3ccccc32)cc(C(C)(C)C)c1.[Pt]. The predicted molar refractivity (Wildman–Crippen MR) is 260 cm³/mol. The summed E-state index contributed by atoms with van der Waals surface area (Å²) in [7, 11) is 0. The van der Waals surface area contributed by atoms with Crippen LogP contribution in [0.2, 0.25) is 0 Å². The van der Waals surface area contributed by atoms with Crippen LogP contribution in [0, 0.1) is 18.5 Å². The van der Waals surface area contributed by atoms with Crippen molar-refractivity contribution >= 4 is 32.8 Å². The minimum absolute atomic E-state index is 0. The molecule has 0 atom stereocenters. The molecular weight excluding hydrogens is 964 g/mol. The molecule has 9 aromatic rings. The minimum Gasteiger partial charge on any atom is -0.510 e. The molecule has 5 nitrogen and oxygen atoms in total. The van der Waals surface area contributed by atoms with E-state index in [1.165, 1.54) is 33.4 Å². The summed E-state index contributed by atoms with van der Waals surface area (Å²) in [4.78, 5) is 4.86. The molecule has 64 heavy (non-hydrogen) atoms. The Labute approximate surface area is 394 Å². The van der Waals surface area contributed by atoms with Gasteiger partial charge in [0.05, 0.1) is 16.7 Å². The molecule has 0 saturated heterocycles. The van der Waals surface area contributed by atoms with E-state index in [0.717, 1.165) is 50.0 Å². The number of rotatable bonds is 6. The van der Waals surface area contributed by atoms with Crippen molar-refractivity contribution in [1.29, 1.82) is 0 Å². The van der Waals surface area contributed by atoms with Crippen molar-refractivity contribution in [3.8, 4) is 39.8 Å². The molecule has 0 aliphatic rings. The number of aromatic nitrogens is 4. The molecule has 0 aliphatic heterocycles. The molecule has 3 heterocycles. The van der Waals surface area contributed by atoms with E-state index in [0.29, 0.717) is 11.5 Å². The van der Waals surface area contributed by atoms with Crippen LogP contribution >= 0.6 is 0 Å². The van der Waals surface area contributed by atoms with Crippen LogP contribution in [-0.4, -0.2) is 14.1 Å². The maximum absolute atomic E-state index is 6.66. The summed E-state index contributed by atoms with van der Waals surface area (Å²) in [5.74, 6) is 2.03. The molecule has 0 saturated carbocycles. The molecule has 0 spiro atoms. The van der Waals surface area contributed by atoms with Crippen molar-refractivity contribution in [2.45, 2.75) is 105 Å². The van der Waals surface area contributed by atoms with Crippen LogP contribution in [0.1, 0.15) is 105 Å². The molecule has 6 aromatic carbocycles. The van der Waals surface area contributed by atoms with E-state index in [9.17, 15) is 0 Å². The van der Waals surface area contributed by atoms with Gasteiger partial charge in [0.25, 0.3) is 6.33 Å². The third-order valence-corrected chi connectivity index (χ3v) is 12.2. The van der Waals surface area contributed by atoms with Gasteiger partial charge in [-0.25, -0.2) is 4.98 Å². The first-order chi connectivity index (χ1) is 29.8. The Morgan fingerprint density at radius 3 is 1.88 bits per heavy atom. The number of fused-ring (bicyclic) bond motifs is 4. The fourth-order valence-corrected chi connectivity index (χ4v) is 8.60. The number of nitrogens with zero attached hydrogens (tertiary/aromatic N) is 4. The van der Waals surface area contributed by atoms with E-state index >= 15 is 0 Å². The molecule has 0 fully saturated rings. The zero-order valence-corrected chi connectivity index (χ0v) is 41.5. The van der Waals surface area contributed by atoms with E-state index in [1.807, 2.05) is 24.4 Å². The largest absolute Gasteiger partial charge is 0.510 e. The third kappa shape index (κ3) is 8.36. The van der Waals surface area contributed by atoms with Crippen molar-refractivity contribution in [3.05, 3.63) is 174 Å². The molecule has 0 unspecified atom stereocenters. The smallest absolute Gasteiger partial charge is 0.268 e. The van der Waals surface area contributed by atoms with Crippen molar-refractivity contribution in [2.24, 2.45) is 0 Å². The van der Waals surface area contributed by atoms with E-state index < -0.39 is 0 Å². The molecule has 328 valence electrons. The second-order valence-electron chi connectivity index (χ2n) is 21.1. The summed E-state index contributed by atoms with van der Waals surface area (Å²) in [6.45, 7) is 27.4. The van der Waals surface area contributed by atoms with Gasteiger partial charge in [-0.2, -0.15) is 18.2 Å². The zero-order chi connectivity index (χ0) is 44.6. The Bertz CT molecular complexity index is 3160. The number of pyridine rings is 1. The first kappa shape index (κ1) is 44.8. The molecule has 3 aromatic heterocycles. The number of hydrogen-bond acceptors (Lipinski definition) is 2. The predicted octanol–water partition coefficient (Wildman–Crippen LogP) is 14.4. The molecule has 6 heteroatoms.